The van der Waals surface area contributed by atoms with Crippen LogP contribution in [-0.4, -0.2) is 9.91 Å². The monoisotopic (exact) mass is 233 g/mol. The van der Waals surface area contributed by atoms with Crippen LogP contribution in [0.3, 0.4) is 0 Å². The summed E-state index contributed by atoms with van der Waals surface area (Å²) in [6, 6.07) is 1.32. The minimum Gasteiger partial charge on any atom is -0.258 e. The molecule has 1 aromatic heterocycles. The molecule has 0 saturated heterocycles. The Balaban J connectivity index is 3.56. The highest BCUT2D eigenvalue weighted by Gasteiger charge is 2.27. The second kappa shape index (κ2) is 4.14. The molecule has 0 amide bonds. The molecule has 0 spiro atoms. The van der Waals surface area contributed by atoms with Gasteiger partial charge in [0.2, 0.25) is 5.15 Å². The highest BCUT2D eigenvalue weighted by molar-refractivity contribution is 6.31. The Morgan fingerprint density at radius 1 is 1.67 bits per heavy atom. The number of aromatic nitrogens is 1. The van der Waals surface area contributed by atoms with Crippen LogP contribution < -0.4 is 0 Å². The van der Waals surface area contributed by atoms with Crippen molar-refractivity contribution in [2.75, 3.05) is 0 Å². The van der Waals surface area contributed by atoms with Gasteiger partial charge in [0.25, 0.3) is 6.43 Å². The lowest BCUT2D eigenvalue weighted by Crippen LogP contribution is -2.00. The number of nitro groups is 1. The van der Waals surface area contributed by atoms with Gasteiger partial charge < -0.3 is 0 Å². The van der Waals surface area contributed by atoms with Gasteiger partial charge in [-0.05, 0) is 0 Å². The molecule has 78 valence electrons. The van der Waals surface area contributed by atoms with Crippen LogP contribution in [0.25, 0.3) is 0 Å². The molecule has 8 heteroatoms. The van der Waals surface area contributed by atoms with Crippen molar-refractivity contribution in [3.05, 3.63) is 32.6 Å². The zero-order chi connectivity index (χ0) is 11.6. The molecule has 0 atom stereocenters. The number of hydrogen-bond donors (Lipinski definition) is 0. The van der Waals surface area contributed by atoms with Gasteiger partial charge in [-0.3, -0.25) is 10.1 Å². The van der Waals surface area contributed by atoms with Crippen LogP contribution in [0.4, 0.5) is 14.5 Å². The van der Waals surface area contributed by atoms with E-state index in [9.17, 15) is 18.9 Å². The number of rotatable bonds is 2. The molecule has 0 aromatic carbocycles. The van der Waals surface area contributed by atoms with Crippen molar-refractivity contribution >= 4 is 17.3 Å². The first-order valence-corrected chi connectivity index (χ1v) is 3.87. The molecule has 0 aliphatic rings. The summed E-state index contributed by atoms with van der Waals surface area (Å²) in [5.41, 5.74) is -2.44. The fourth-order valence-electron chi connectivity index (χ4n) is 0.941. The highest BCUT2D eigenvalue weighted by Crippen LogP contribution is 2.32. The Morgan fingerprint density at radius 2 is 2.27 bits per heavy atom. The average molecular weight is 234 g/mol. The Labute approximate surface area is 87.1 Å². The van der Waals surface area contributed by atoms with E-state index in [1.165, 1.54) is 6.07 Å². The van der Waals surface area contributed by atoms with Crippen molar-refractivity contribution in [2.45, 2.75) is 6.43 Å². The normalized spacial score (nSPS) is 10.1. The van der Waals surface area contributed by atoms with Crippen LogP contribution in [0.1, 0.15) is 17.6 Å². The molecule has 15 heavy (non-hydrogen) atoms. The van der Waals surface area contributed by atoms with Crippen LogP contribution >= 0.6 is 11.6 Å². The number of nitrogens with zero attached hydrogens (tertiary/aromatic N) is 3. The lowest BCUT2D eigenvalue weighted by molar-refractivity contribution is -0.385. The van der Waals surface area contributed by atoms with Gasteiger partial charge >= 0.3 is 5.69 Å². The van der Waals surface area contributed by atoms with E-state index in [1.807, 2.05) is 0 Å². The predicted molar refractivity (Wildman–Crippen MR) is 45.6 cm³/mol. The van der Waals surface area contributed by atoms with Crippen molar-refractivity contribution < 1.29 is 13.7 Å². The van der Waals surface area contributed by atoms with Gasteiger partial charge in [0.15, 0.2) is 0 Å². The summed E-state index contributed by atoms with van der Waals surface area (Å²) in [5.74, 6) is 0. The molecule has 1 rings (SSSR count). The van der Waals surface area contributed by atoms with Gasteiger partial charge in [-0.1, -0.05) is 11.6 Å². The van der Waals surface area contributed by atoms with Gasteiger partial charge in [-0.25, -0.2) is 13.8 Å². The summed E-state index contributed by atoms with van der Waals surface area (Å²) in [4.78, 5) is 12.7. The van der Waals surface area contributed by atoms with Gasteiger partial charge in [-0.15, -0.1) is 0 Å². The Morgan fingerprint density at radius 3 is 2.67 bits per heavy atom. The van der Waals surface area contributed by atoms with E-state index in [2.05, 4.69) is 4.98 Å². The van der Waals surface area contributed by atoms with Crippen molar-refractivity contribution in [1.82, 2.24) is 4.98 Å². The van der Waals surface area contributed by atoms with E-state index in [-0.39, 0.29) is 0 Å². The van der Waals surface area contributed by atoms with Crippen molar-refractivity contribution in [2.24, 2.45) is 0 Å². The van der Waals surface area contributed by atoms with Crippen molar-refractivity contribution in [3.8, 4) is 6.07 Å². The van der Waals surface area contributed by atoms with E-state index < -0.39 is 33.3 Å². The molecular weight excluding hydrogens is 232 g/mol. The number of nitriles is 1. The Kier molecular flexibility index (Phi) is 3.11. The van der Waals surface area contributed by atoms with Crippen LogP contribution in [0.2, 0.25) is 5.15 Å². The van der Waals surface area contributed by atoms with Crippen LogP contribution in [0.15, 0.2) is 6.20 Å². The fourth-order valence-corrected chi connectivity index (χ4v) is 1.15. The third kappa shape index (κ3) is 1.99. The molecule has 0 N–H and O–H groups in total. The maximum atomic E-state index is 12.3. The van der Waals surface area contributed by atoms with E-state index in [4.69, 9.17) is 16.9 Å². The van der Waals surface area contributed by atoms with Gasteiger partial charge in [0.05, 0.1) is 10.5 Å². The third-order valence-electron chi connectivity index (χ3n) is 1.57. The summed E-state index contributed by atoms with van der Waals surface area (Å²) in [6.45, 7) is 0. The summed E-state index contributed by atoms with van der Waals surface area (Å²) in [7, 11) is 0. The quantitative estimate of drug-likeness (QED) is 0.446. The molecular formula is C7H2ClF2N3O2. The van der Waals surface area contributed by atoms with E-state index in [1.54, 1.807) is 0 Å². The minimum absolute atomic E-state index is 0.582. The van der Waals surface area contributed by atoms with Crippen LogP contribution in [-0.2, 0) is 0 Å². The van der Waals surface area contributed by atoms with E-state index in [0.717, 1.165) is 0 Å². The van der Waals surface area contributed by atoms with Crippen molar-refractivity contribution in [1.29, 1.82) is 5.26 Å². The van der Waals surface area contributed by atoms with E-state index >= 15 is 0 Å². The molecule has 0 aliphatic carbocycles. The molecule has 1 aromatic rings. The molecule has 0 bridgehead atoms. The lowest BCUT2D eigenvalue weighted by Gasteiger charge is -2.03. The first kappa shape index (κ1) is 11.3. The maximum Gasteiger partial charge on any atom is 0.324 e. The number of hydrogen-bond acceptors (Lipinski definition) is 4. The minimum atomic E-state index is -3.01. The molecule has 5 nitrogen and oxygen atoms in total. The fraction of sp³-hybridized carbons (Fsp3) is 0.143. The first-order chi connectivity index (χ1) is 6.99. The molecule has 0 radical (unpaired) electrons. The summed E-state index contributed by atoms with van der Waals surface area (Å²) in [6.07, 6.45) is -2.36. The Bertz CT molecular complexity index is 458. The average Bonchev–Trinajstić information content (AvgIpc) is 2.15. The number of pyridine rings is 1. The molecule has 0 fully saturated rings. The molecule has 0 unspecified atom stereocenters. The zero-order valence-corrected chi connectivity index (χ0v) is 7.70. The molecule has 0 saturated carbocycles. The first-order valence-electron chi connectivity index (χ1n) is 3.50. The number of alkyl halides is 2. The Hall–Kier alpha value is -1.81. The summed E-state index contributed by atoms with van der Waals surface area (Å²) >= 11 is 5.33. The summed E-state index contributed by atoms with van der Waals surface area (Å²) in [5, 5.41) is 18.4. The van der Waals surface area contributed by atoms with Crippen LogP contribution in [0, 0.1) is 21.4 Å². The maximum absolute atomic E-state index is 12.3. The highest BCUT2D eigenvalue weighted by atomic mass is 35.5. The number of halogens is 3. The smallest absolute Gasteiger partial charge is 0.258 e. The predicted octanol–water partition coefficient (Wildman–Crippen LogP) is 2.45. The molecule has 0 aliphatic heterocycles. The van der Waals surface area contributed by atoms with E-state index in [0.29, 0.717) is 6.20 Å². The largest absolute Gasteiger partial charge is 0.324 e. The third-order valence-corrected chi connectivity index (χ3v) is 1.84. The lowest BCUT2D eigenvalue weighted by atomic mass is 10.1. The van der Waals surface area contributed by atoms with Gasteiger partial charge in [0, 0.05) is 6.20 Å². The topological polar surface area (TPSA) is 79.8 Å². The van der Waals surface area contributed by atoms with Gasteiger partial charge in [0.1, 0.15) is 11.6 Å². The van der Waals surface area contributed by atoms with Crippen LogP contribution in [0.5, 0.6) is 0 Å². The zero-order valence-electron chi connectivity index (χ0n) is 6.95. The van der Waals surface area contributed by atoms with Gasteiger partial charge in [-0.2, -0.15) is 5.26 Å². The molecule has 1 heterocycles. The SMILES string of the molecule is N#Cc1c(C(F)F)cnc(Cl)c1[N+](=O)[O-]. The van der Waals surface area contributed by atoms with Crippen molar-refractivity contribution in [3.63, 3.8) is 0 Å². The summed E-state index contributed by atoms with van der Waals surface area (Å²) < 4.78 is 24.7. The second-order valence-corrected chi connectivity index (χ2v) is 2.76. The standard InChI is InChI=1S/C7H2ClF2N3O2/c8-6-5(13(14)15)3(1-11)4(2-12-6)7(9)10/h2,7H. The second-order valence-electron chi connectivity index (χ2n) is 2.40.